The Hall–Kier alpha value is -0.200. The highest BCUT2D eigenvalue weighted by molar-refractivity contribution is 4.87. The molecule has 0 amide bonds. The van der Waals surface area contributed by atoms with E-state index in [1.165, 1.54) is 0 Å². The van der Waals surface area contributed by atoms with E-state index in [0.29, 0.717) is 0 Å². The molecular formula is C6H10O5. The van der Waals surface area contributed by atoms with Crippen LogP contribution < -0.4 is 0 Å². The molecule has 2 rings (SSSR count). The van der Waals surface area contributed by atoms with Crippen LogP contribution in [0.25, 0.3) is 0 Å². The van der Waals surface area contributed by atoms with Crippen molar-refractivity contribution in [3.8, 4) is 0 Å². The fourth-order valence-electron chi connectivity index (χ4n) is 1.27. The van der Waals surface area contributed by atoms with E-state index >= 15 is 0 Å². The molecule has 11 heavy (non-hydrogen) atoms. The first-order chi connectivity index (χ1) is 5.29. The number of aliphatic hydroxyl groups excluding tert-OH is 2. The van der Waals surface area contributed by atoms with Gasteiger partial charge in [0, 0.05) is 0 Å². The summed E-state index contributed by atoms with van der Waals surface area (Å²) in [5, 5.41) is 18.5. The third kappa shape index (κ3) is 1.15. The van der Waals surface area contributed by atoms with Gasteiger partial charge < -0.3 is 24.4 Å². The summed E-state index contributed by atoms with van der Waals surface area (Å²) in [5.41, 5.74) is 0. The van der Waals surface area contributed by atoms with Gasteiger partial charge in [-0.25, -0.2) is 0 Å². The summed E-state index contributed by atoms with van der Waals surface area (Å²) in [4.78, 5) is 0. The zero-order chi connectivity index (χ0) is 7.84. The van der Waals surface area contributed by atoms with Crippen LogP contribution in [-0.2, 0) is 14.2 Å². The second-order valence-electron chi connectivity index (χ2n) is 2.68. The van der Waals surface area contributed by atoms with Crippen LogP contribution in [0.4, 0.5) is 0 Å². The molecule has 2 N–H and O–H groups in total. The Morgan fingerprint density at radius 1 is 1.18 bits per heavy atom. The van der Waals surface area contributed by atoms with Crippen LogP contribution in [0.3, 0.4) is 0 Å². The van der Waals surface area contributed by atoms with E-state index in [-0.39, 0.29) is 13.4 Å². The SMILES string of the molecule is OC1C2COCOC(O2)C1O. The molecule has 5 heteroatoms. The smallest absolute Gasteiger partial charge is 0.189 e. The molecule has 0 aromatic rings. The molecule has 0 aromatic carbocycles. The maximum absolute atomic E-state index is 9.26. The fourth-order valence-corrected chi connectivity index (χ4v) is 1.27. The lowest BCUT2D eigenvalue weighted by Crippen LogP contribution is -2.37. The van der Waals surface area contributed by atoms with Gasteiger partial charge in [-0.1, -0.05) is 0 Å². The van der Waals surface area contributed by atoms with Gasteiger partial charge in [-0.05, 0) is 0 Å². The zero-order valence-corrected chi connectivity index (χ0v) is 5.84. The molecular weight excluding hydrogens is 152 g/mol. The van der Waals surface area contributed by atoms with Crippen LogP contribution in [0.5, 0.6) is 0 Å². The highest BCUT2D eigenvalue weighted by Gasteiger charge is 2.44. The molecule has 0 aromatic heterocycles. The van der Waals surface area contributed by atoms with Crippen molar-refractivity contribution in [1.82, 2.24) is 0 Å². The third-order valence-corrected chi connectivity index (χ3v) is 1.92. The topological polar surface area (TPSA) is 68.2 Å². The molecule has 2 aliphatic rings. The fraction of sp³-hybridized carbons (Fsp3) is 1.00. The summed E-state index contributed by atoms with van der Waals surface area (Å²) < 4.78 is 15.0. The van der Waals surface area contributed by atoms with Crippen LogP contribution in [0.2, 0.25) is 0 Å². The van der Waals surface area contributed by atoms with Crippen molar-refractivity contribution >= 4 is 0 Å². The lowest BCUT2D eigenvalue weighted by Gasteiger charge is -2.16. The second kappa shape index (κ2) is 2.69. The van der Waals surface area contributed by atoms with Crippen molar-refractivity contribution in [2.45, 2.75) is 24.6 Å². The van der Waals surface area contributed by atoms with Gasteiger partial charge >= 0.3 is 0 Å². The summed E-state index contributed by atoms with van der Waals surface area (Å²) in [6.45, 7) is 0.389. The summed E-state index contributed by atoms with van der Waals surface area (Å²) in [5.74, 6) is 0. The van der Waals surface area contributed by atoms with Gasteiger partial charge in [0.15, 0.2) is 6.29 Å². The Morgan fingerprint density at radius 3 is 2.82 bits per heavy atom. The molecule has 2 aliphatic heterocycles. The Morgan fingerprint density at radius 2 is 2.00 bits per heavy atom. The minimum Gasteiger partial charge on any atom is -0.387 e. The molecule has 4 unspecified atom stereocenters. The average molecular weight is 162 g/mol. The van der Waals surface area contributed by atoms with Gasteiger partial charge in [-0.3, -0.25) is 0 Å². The maximum Gasteiger partial charge on any atom is 0.189 e. The second-order valence-corrected chi connectivity index (χ2v) is 2.68. The van der Waals surface area contributed by atoms with Gasteiger partial charge in [0.25, 0.3) is 0 Å². The van der Waals surface area contributed by atoms with Gasteiger partial charge in [0.1, 0.15) is 25.1 Å². The van der Waals surface area contributed by atoms with Crippen LogP contribution >= 0.6 is 0 Å². The summed E-state index contributed by atoms with van der Waals surface area (Å²) >= 11 is 0. The van der Waals surface area contributed by atoms with Crippen LogP contribution in [0, 0.1) is 0 Å². The first-order valence-electron chi connectivity index (χ1n) is 3.50. The van der Waals surface area contributed by atoms with E-state index in [2.05, 4.69) is 0 Å². The molecule has 4 atom stereocenters. The molecule has 0 saturated carbocycles. The van der Waals surface area contributed by atoms with Crippen LogP contribution in [0.15, 0.2) is 0 Å². The van der Waals surface area contributed by atoms with Gasteiger partial charge in [0.2, 0.25) is 0 Å². The van der Waals surface area contributed by atoms with E-state index < -0.39 is 24.6 Å². The first-order valence-corrected chi connectivity index (χ1v) is 3.50. The van der Waals surface area contributed by atoms with E-state index in [0.717, 1.165) is 0 Å². The van der Waals surface area contributed by atoms with Crippen molar-refractivity contribution in [2.24, 2.45) is 0 Å². The maximum atomic E-state index is 9.26. The minimum absolute atomic E-state index is 0.116. The molecule has 2 fully saturated rings. The monoisotopic (exact) mass is 162 g/mol. The number of rotatable bonds is 0. The number of aliphatic hydroxyl groups is 2. The van der Waals surface area contributed by atoms with Crippen LogP contribution in [-0.4, -0.2) is 48.2 Å². The zero-order valence-electron chi connectivity index (χ0n) is 5.84. The molecule has 2 saturated heterocycles. The largest absolute Gasteiger partial charge is 0.387 e. The Kier molecular flexibility index (Phi) is 1.82. The van der Waals surface area contributed by atoms with Crippen molar-refractivity contribution in [3.63, 3.8) is 0 Å². The van der Waals surface area contributed by atoms with Crippen molar-refractivity contribution in [2.75, 3.05) is 13.4 Å². The molecule has 2 bridgehead atoms. The van der Waals surface area contributed by atoms with Gasteiger partial charge in [-0.2, -0.15) is 0 Å². The van der Waals surface area contributed by atoms with Crippen LogP contribution in [0.1, 0.15) is 0 Å². The van der Waals surface area contributed by atoms with Crippen molar-refractivity contribution in [1.29, 1.82) is 0 Å². The Balaban J connectivity index is 2.10. The van der Waals surface area contributed by atoms with Crippen molar-refractivity contribution in [3.05, 3.63) is 0 Å². The minimum atomic E-state index is -0.941. The predicted molar refractivity (Wildman–Crippen MR) is 32.6 cm³/mol. The standard InChI is InChI=1S/C6H10O5/c7-4-3-1-9-2-10-6(11-3)5(4)8/h3-8H,1-2H2. The van der Waals surface area contributed by atoms with Gasteiger partial charge in [-0.15, -0.1) is 0 Å². The predicted octanol–water partition coefficient (Wildman–Crippen LogP) is -1.56. The van der Waals surface area contributed by atoms with E-state index in [4.69, 9.17) is 14.2 Å². The molecule has 0 aliphatic carbocycles. The van der Waals surface area contributed by atoms with E-state index in [1.54, 1.807) is 0 Å². The lowest BCUT2D eigenvalue weighted by molar-refractivity contribution is -0.179. The average Bonchev–Trinajstić information content (AvgIpc) is 2.31. The van der Waals surface area contributed by atoms with Crippen molar-refractivity contribution < 1.29 is 24.4 Å². The Bertz CT molecular complexity index is 134. The first kappa shape index (κ1) is 7.45. The number of fused-ring (bicyclic) bond motifs is 2. The third-order valence-electron chi connectivity index (χ3n) is 1.92. The highest BCUT2D eigenvalue weighted by atomic mass is 16.8. The summed E-state index contributed by atoms with van der Waals surface area (Å²) in [6.07, 6.45) is -3.00. The van der Waals surface area contributed by atoms with Gasteiger partial charge in [0.05, 0.1) is 6.61 Å². The normalized spacial score (nSPS) is 50.7. The van der Waals surface area contributed by atoms with E-state index in [1.807, 2.05) is 0 Å². The number of ether oxygens (including phenoxy) is 3. The molecule has 64 valence electrons. The number of hydrogen-bond donors (Lipinski definition) is 2. The Labute approximate surface area is 63.5 Å². The highest BCUT2D eigenvalue weighted by Crippen LogP contribution is 2.24. The quantitative estimate of drug-likeness (QED) is 0.450. The summed E-state index contributed by atoms with van der Waals surface area (Å²) in [6, 6.07) is 0. The molecule has 0 spiro atoms. The molecule has 5 nitrogen and oxygen atoms in total. The molecule has 0 radical (unpaired) electrons. The number of hydrogen-bond acceptors (Lipinski definition) is 5. The summed E-state index contributed by atoms with van der Waals surface area (Å²) in [7, 11) is 0. The molecule has 2 heterocycles. The van der Waals surface area contributed by atoms with E-state index in [9.17, 15) is 10.2 Å². The lowest BCUT2D eigenvalue weighted by atomic mass is 10.1.